The van der Waals surface area contributed by atoms with Crippen molar-refractivity contribution in [3.63, 3.8) is 0 Å². The molecule has 2 atom stereocenters. The van der Waals surface area contributed by atoms with Crippen LogP contribution in [0.2, 0.25) is 0 Å². The Kier molecular flexibility index (Phi) is 4.55. The molecular formula is C18H24N2O3. The SMILES string of the molecule is C[C@@H]1NC(=O)[C@H]1N(Cc1ccc(C2CCCCC2)cc1)C(=O)O. The van der Waals surface area contributed by atoms with Crippen LogP contribution >= 0.6 is 0 Å². The number of carbonyl (C=O) groups is 2. The van der Waals surface area contributed by atoms with Crippen molar-refractivity contribution in [3.8, 4) is 0 Å². The highest BCUT2D eigenvalue weighted by atomic mass is 16.4. The Morgan fingerprint density at radius 1 is 1.22 bits per heavy atom. The summed E-state index contributed by atoms with van der Waals surface area (Å²) in [5.41, 5.74) is 2.28. The fourth-order valence-electron chi connectivity index (χ4n) is 3.74. The lowest BCUT2D eigenvalue weighted by Gasteiger charge is -2.40. The second-order valence-electron chi connectivity index (χ2n) is 6.73. The van der Waals surface area contributed by atoms with Gasteiger partial charge in [-0.25, -0.2) is 4.79 Å². The second-order valence-corrected chi connectivity index (χ2v) is 6.73. The second kappa shape index (κ2) is 6.60. The first-order valence-electron chi connectivity index (χ1n) is 8.45. The van der Waals surface area contributed by atoms with E-state index >= 15 is 0 Å². The molecule has 0 unspecified atom stereocenters. The predicted molar refractivity (Wildman–Crippen MR) is 87.2 cm³/mol. The smallest absolute Gasteiger partial charge is 0.408 e. The number of β-lactam (4-membered cyclic amide) rings is 1. The Balaban J connectivity index is 1.68. The first-order chi connectivity index (χ1) is 11.1. The molecule has 2 aliphatic rings. The number of benzene rings is 1. The van der Waals surface area contributed by atoms with Crippen molar-refractivity contribution >= 4 is 12.0 Å². The zero-order chi connectivity index (χ0) is 16.4. The van der Waals surface area contributed by atoms with Gasteiger partial charge in [-0.3, -0.25) is 9.69 Å². The maximum Gasteiger partial charge on any atom is 0.408 e. The molecule has 0 aromatic heterocycles. The van der Waals surface area contributed by atoms with Gasteiger partial charge in [-0.05, 0) is 36.8 Å². The summed E-state index contributed by atoms with van der Waals surface area (Å²) in [5, 5.41) is 12.1. The summed E-state index contributed by atoms with van der Waals surface area (Å²) in [6.45, 7) is 2.08. The van der Waals surface area contributed by atoms with Crippen LogP contribution in [-0.4, -0.2) is 34.1 Å². The van der Waals surface area contributed by atoms with Crippen LogP contribution in [-0.2, 0) is 11.3 Å². The lowest BCUT2D eigenvalue weighted by molar-refractivity contribution is -0.136. The van der Waals surface area contributed by atoms with E-state index in [1.54, 1.807) is 0 Å². The van der Waals surface area contributed by atoms with Crippen molar-refractivity contribution in [2.75, 3.05) is 0 Å². The first-order valence-corrected chi connectivity index (χ1v) is 8.45. The fraction of sp³-hybridized carbons (Fsp3) is 0.556. The van der Waals surface area contributed by atoms with Gasteiger partial charge in [0.1, 0.15) is 6.04 Å². The largest absolute Gasteiger partial charge is 0.465 e. The third-order valence-electron chi connectivity index (χ3n) is 5.10. The average Bonchev–Trinajstić information content (AvgIpc) is 2.55. The molecule has 1 saturated carbocycles. The number of nitrogens with one attached hydrogen (secondary N) is 1. The molecule has 2 N–H and O–H groups in total. The van der Waals surface area contributed by atoms with Gasteiger partial charge >= 0.3 is 6.09 Å². The van der Waals surface area contributed by atoms with Crippen LogP contribution in [0.5, 0.6) is 0 Å². The topological polar surface area (TPSA) is 69.6 Å². The van der Waals surface area contributed by atoms with Crippen LogP contribution in [0.3, 0.4) is 0 Å². The van der Waals surface area contributed by atoms with E-state index in [9.17, 15) is 14.7 Å². The zero-order valence-corrected chi connectivity index (χ0v) is 13.5. The molecule has 2 fully saturated rings. The molecule has 0 radical (unpaired) electrons. The fourth-order valence-corrected chi connectivity index (χ4v) is 3.74. The summed E-state index contributed by atoms with van der Waals surface area (Å²) in [4.78, 5) is 24.3. The molecule has 124 valence electrons. The van der Waals surface area contributed by atoms with E-state index in [4.69, 9.17) is 0 Å². The monoisotopic (exact) mass is 316 g/mol. The highest BCUT2D eigenvalue weighted by Gasteiger charge is 2.42. The Labute approximate surface area is 136 Å². The summed E-state index contributed by atoms with van der Waals surface area (Å²) < 4.78 is 0. The summed E-state index contributed by atoms with van der Waals surface area (Å²) in [6.07, 6.45) is 5.39. The molecule has 2 amide bonds. The molecule has 1 heterocycles. The van der Waals surface area contributed by atoms with Gasteiger partial charge in [0, 0.05) is 6.54 Å². The van der Waals surface area contributed by atoms with Gasteiger partial charge in [-0.2, -0.15) is 0 Å². The van der Waals surface area contributed by atoms with E-state index in [-0.39, 0.29) is 18.5 Å². The number of carbonyl (C=O) groups excluding carboxylic acids is 1. The van der Waals surface area contributed by atoms with Crippen LogP contribution in [0, 0.1) is 0 Å². The minimum atomic E-state index is -1.05. The highest BCUT2D eigenvalue weighted by Crippen LogP contribution is 2.32. The van der Waals surface area contributed by atoms with E-state index < -0.39 is 12.1 Å². The summed E-state index contributed by atoms with van der Waals surface area (Å²) >= 11 is 0. The van der Waals surface area contributed by atoms with Crippen molar-refractivity contribution in [3.05, 3.63) is 35.4 Å². The predicted octanol–water partition coefficient (Wildman–Crippen LogP) is 3.10. The van der Waals surface area contributed by atoms with Crippen LogP contribution in [0.1, 0.15) is 56.1 Å². The molecule has 1 aromatic carbocycles. The van der Waals surface area contributed by atoms with Crippen molar-refractivity contribution in [1.82, 2.24) is 10.2 Å². The summed E-state index contributed by atoms with van der Waals surface area (Å²) in [7, 11) is 0. The van der Waals surface area contributed by atoms with E-state index in [1.165, 1.54) is 42.6 Å². The quantitative estimate of drug-likeness (QED) is 0.839. The van der Waals surface area contributed by atoms with Gasteiger partial charge in [0.15, 0.2) is 0 Å². The lowest BCUT2D eigenvalue weighted by atomic mass is 9.84. The lowest BCUT2D eigenvalue weighted by Crippen LogP contribution is -2.68. The van der Waals surface area contributed by atoms with Crippen molar-refractivity contribution < 1.29 is 14.7 Å². The molecule has 0 bridgehead atoms. The minimum Gasteiger partial charge on any atom is -0.465 e. The Hall–Kier alpha value is -2.04. The van der Waals surface area contributed by atoms with Gasteiger partial charge < -0.3 is 10.4 Å². The first kappa shape index (κ1) is 15.8. The molecule has 5 heteroatoms. The Morgan fingerprint density at radius 3 is 2.39 bits per heavy atom. The number of nitrogens with zero attached hydrogens (tertiary/aromatic N) is 1. The molecule has 1 saturated heterocycles. The average molecular weight is 316 g/mol. The van der Waals surface area contributed by atoms with Crippen molar-refractivity contribution in [2.45, 2.75) is 63.6 Å². The minimum absolute atomic E-state index is 0.125. The van der Waals surface area contributed by atoms with Gasteiger partial charge in [0.2, 0.25) is 5.91 Å². The van der Waals surface area contributed by atoms with E-state index in [1.807, 2.05) is 19.1 Å². The van der Waals surface area contributed by atoms with Gasteiger partial charge in [0.05, 0.1) is 6.04 Å². The number of carboxylic acid groups (broad SMARTS) is 1. The third-order valence-corrected chi connectivity index (χ3v) is 5.10. The Morgan fingerprint density at radius 2 is 1.87 bits per heavy atom. The van der Waals surface area contributed by atoms with Gasteiger partial charge in [-0.15, -0.1) is 0 Å². The van der Waals surface area contributed by atoms with Crippen molar-refractivity contribution in [1.29, 1.82) is 0 Å². The molecule has 23 heavy (non-hydrogen) atoms. The van der Waals surface area contributed by atoms with E-state index in [2.05, 4.69) is 17.4 Å². The molecule has 5 nitrogen and oxygen atoms in total. The maximum absolute atomic E-state index is 11.6. The Bertz CT molecular complexity index is 578. The molecular weight excluding hydrogens is 292 g/mol. The van der Waals surface area contributed by atoms with Gasteiger partial charge in [-0.1, -0.05) is 43.5 Å². The van der Waals surface area contributed by atoms with Crippen LogP contribution < -0.4 is 5.32 Å². The van der Waals surface area contributed by atoms with E-state index in [0.717, 1.165) is 5.56 Å². The molecule has 1 aliphatic heterocycles. The number of amides is 2. The van der Waals surface area contributed by atoms with Gasteiger partial charge in [0.25, 0.3) is 0 Å². The number of hydrogen-bond donors (Lipinski definition) is 2. The summed E-state index contributed by atoms with van der Waals surface area (Å²) in [6, 6.07) is 7.54. The third kappa shape index (κ3) is 3.33. The molecule has 1 aromatic rings. The number of rotatable bonds is 4. The van der Waals surface area contributed by atoms with Crippen LogP contribution in [0.4, 0.5) is 4.79 Å². The molecule has 0 spiro atoms. The highest BCUT2D eigenvalue weighted by molar-refractivity contribution is 5.91. The summed E-state index contributed by atoms with van der Waals surface area (Å²) in [5.74, 6) is 0.435. The van der Waals surface area contributed by atoms with E-state index in [0.29, 0.717) is 5.92 Å². The molecule has 3 rings (SSSR count). The molecule has 1 aliphatic carbocycles. The van der Waals surface area contributed by atoms with Crippen LogP contribution in [0.15, 0.2) is 24.3 Å². The van der Waals surface area contributed by atoms with Crippen molar-refractivity contribution in [2.24, 2.45) is 0 Å². The maximum atomic E-state index is 11.6. The standard InChI is InChI=1S/C18H24N2O3/c1-12-16(17(21)19-12)20(18(22)23)11-13-7-9-15(10-8-13)14-5-3-2-4-6-14/h7-10,12,14,16H,2-6,11H2,1H3,(H,19,21)(H,22,23)/t12-,16-/m0/s1. The van der Waals surface area contributed by atoms with Crippen LogP contribution in [0.25, 0.3) is 0 Å². The normalized spacial score (nSPS) is 24.7. The number of hydrogen-bond acceptors (Lipinski definition) is 2. The zero-order valence-electron chi connectivity index (χ0n) is 13.5.